The first-order valence-electron chi connectivity index (χ1n) is 5.67. The van der Waals surface area contributed by atoms with Crippen LogP contribution in [0.15, 0.2) is 30.3 Å². The minimum atomic E-state index is -0.923. The summed E-state index contributed by atoms with van der Waals surface area (Å²) in [6, 6.07) is 5.55. The number of aryl methyl sites for hydroxylation is 2. The Morgan fingerprint density at radius 1 is 0.895 bits per heavy atom. The molecule has 2 aromatic carbocycles. The summed E-state index contributed by atoms with van der Waals surface area (Å²) < 4.78 is 40.4. The average molecular weight is 264 g/mol. The van der Waals surface area contributed by atoms with Crippen LogP contribution in [-0.2, 0) is 0 Å². The van der Waals surface area contributed by atoms with Gasteiger partial charge in [0.05, 0.1) is 5.56 Å². The van der Waals surface area contributed by atoms with Crippen LogP contribution in [-0.4, -0.2) is 5.78 Å². The number of rotatable bonds is 2. The van der Waals surface area contributed by atoms with Gasteiger partial charge in [0.25, 0.3) is 0 Å². The third-order valence-corrected chi connectivity index (χ3v) is 2.91. The van der Waals surface area contributed by atoms with Gasteiger partial charge in [0.15, 0.2) is 5.78 Å². The van der Waals surface area contributed by atoms with Crippen LogP contribution in [0, 0.1) is 31.3 Å². The second-order valence-corrected chi connectivity index (χ2v) is 4.34. The largest absolute Gasteiger partial charge is 0.288 e. The maximum Gasteiger partial charge on any atom is 0.199 e. The summed E-state index contributed by atoms with van der Waals surface area (Å²) in [6.07, 6.45) is 0. The van der Waals surface area contributed by atoms with Gasteiger partial charge in [-0.1, -0.05) is 6.07 Å². The van der Waals surface area contributed by atoms with Crippen molar-refractivity contribution >= 4 is 5.78 Å². The molecule has 0 atom stereocenters. The molecule has 0 heterocycles. The molecule has 0 spiro atoms. The monoisotopic (exact) mass is 264 g/mol. The van der Waals surface area contributed by atoms with Crippen LogP contribution < -0.4 is 0 Å². The van der Waals surface area contributed by atoms with Crippen LogP contribution in [0.1, 0.15) is 27.0 Å². The van der Waals surface area contributed by atoms with Gasteiger partial charge < -0.3 is 0 Å². The second-order valence-electron chi connectivity index (χ2n) is 4.34. The number of hydrogen-bond acceptors (Lipinski definition) is 1. The fourth-order valence-corrected chi connectivity index (χ4v) is 2.11. The fourth-order valence-electron chi connectivity index (χ4n) is 2.11. The summed E-state index contributed by atoms with van der Waals surface area (Å²) in [5.41, 5.74) is 0.223. The molecule has 0 aromatic heterocycles. The highest BCUT2D eigenvalue weighted by molar-refractivity contribution is 6.11. The zero-order valence-corrected chi connectivity index (χ0v) is 10.4. The lowest BCUT2D eigenvalue weighted by atomic mass is 9.94. The average Bonchev–Trinajstić information content (AvgIpc) is 2.26. The van der Waals surface area contributed by atoms with E-state index in [0.717, 1.165) is 12.1 Å². The minimum absolute atomic E-state index is 0.130. The minimum Gasteiger partial charge on any atom is -0.288 e. The van der Waals surface area contributed by atoms with Gasteiger partial charge in [-0.2, -0.15) is 0 Å². The van der Waals surface area contributed by atoms with Crippen molar-refractivity contribution in [1.82, 2.24) is 0 Å². The van der Waals surface area contributed by atoms with E-state index in [1.54, 1.807) is 0 Å². The number of carbonyl (C=O) groups is 1. The maximum absolute atomic E-state index is 13.6. The molecule has 0 bridgehead atoms. The van der Waals surface area contributed by atoms with E-state index < -0.39 is 28.8 Å². The summed E-state index contributed by atoms with van der Waals surface area (Å²) in [7, 11) is 0. The molecule has 0 radical (unpaired) electrons. The highest BCUT2D eigenvalue weighted by Crippen LogP contribution is 2.23. The summed E-state index contributed by atoms with van der Waals surface area (Å²) in [5, 5.41) is 0. The van der Waals surface area contributed by atoms with E-state index >= 15 is 0 Å². The smallest absolute Gasteiger partial charge is 0.199 e. The maximum atomic E-state index is 13.6. The summed E-state index contributed by atoms with van der Waals surface area (Å²) in [5.74, 6) is -3.10. The molecule has 2 aromatic rings. The molecular formula is C15H11F3O. The Labute approximate surface area is 108 Å². The van der Waals surface area contributed by atoms with Gasteiger partial charge in [0, 0.05) is 5.56 Å². The number of halogens is 3. The van der Waals surface area contributed by atoms with Crippen molar-refractivity contribution < 1.29 is 18.0 Å². The molecule has 19 heavy (non-hydrogen) atoms. The third-order valence-electron chi connectivity index (χ3n) is 2.91. The van der Waals surface area contributed by atoms with Crippen molar-refractivity contribution in [3.63, 3.8) is 0 Å². The predicted octanol–water partition coefficient (Wildman–Crippen LogP) is 3.95. The topological polar surface area (TPSA) is 17.1 Å². The van der Waals surface area contributed by atoms with E-state index in [2.05, 4.69) is 0 Å². The Balaban J connectivity index is 2.64. The molecule has 0 amide bonds. The van der Waals surface area contributed by atoms with Crippen molar-refractivity contribution in [2.45, 2.75) is 13.8 Å². The highest BCUT2D eigenvalue weighted by Gasteiger charge is 2.22. The van der Waals surface area contributed by atoms with Crippen LogP contribution >= 0.6 is 0 Å². The molecule has 0 fully saturated rings. The van der Waals surface area contributed by atoms with Gasteiger partial charge in [-0.05, 0) is 49.2 Å². The van der Waals surface area contributed by atoms with E-state index in [9.17, 15) is 18.0 Å². The van der Waals surface area contributed by atoms with Gasteiger partial charge in [-0.15, -0.1) is 0 Å². The lowest BCUT2D eigenvalue weighted by Crippen LogP contribution is -2.11. The molecule has 0 aliphatic carbocycles. The zero-order valence-electron chi connectivity index (χ0n) is 10.4. The van der Waals surface area contributed by atoms with Crippen molar-refractivity contribution in [3.05, 3.63) is 70.0 Å². The zero-order chi connectivity index (χ0) is 14.2. The summed E-state index contributed by atoms with van der Waals surface area (Å²) in [6.45, 7) is 3.06. The molecule has 0 saturated carbocycles. The predicted molar refractivity (Wildman–Crippen MR) is 65.7 cm³/mol. The van der Waals surface area contributed by atoms with Crippen LogP contribution in [0.5, 0.6) is 0 Å². The molecular weight excluding hydrogens is 253 g/mol. The Morgan fingerprint density at radius 2 is 1.37 bits per heavy atom. The number of carbonyl (C=O) groups excluding carboxylic acids is 1. The first-order chi connectivity index (χ1) is 8.91. The molecule has 4 heteroatoms. The molecule has 1 nitrogen and oxygen atoms in total. The molecule has 0 unspecified atom stereocenters. The van der Waals surface area contributed by atoms with Gasteiger partial charge >= 0.3 is 0 Å². The van der Waals surface area contributed by atoms with E-state index in [0.29, 0.717) is 11.1 Å². The van der Waals surface area contributed by atoms with E-state index in [4.69, 9.17) is 0 Å². The molecule has 2 rings (SSSR count). The van der Waals surface area contributed by atoms with Crippen LogP contribution in [0.4, 0.5) is 13.2 Å². The number of benzene rings is 2. The number of ketones is 1. The third kappa shape index (κ3) is 2.38. The lowest BCUT2D eigenvalue weighted by Gasteiger charge is -2.10. The van der Waals surface area contributed by atoms with Crippen molar-refractivity contribution in [2.75, 3.05) is 0 Å². The Hall–Kier alpha value is -2.10. The van der Waals surface area contributed by atoms with Gasteiger partial charge in [0.1, 0.15) is 17.5 Å². The van der Waals surface area contributed by atoms with Gasteiger partial charge in [0.2, 0.25) is 0 Å². The highest BCUT2D eigenvalue weighted by atomic mass is 19.1. The van der Waals surface area contributed by atoms with Crippen LogP contribution in [0.25, 0.3) is 0 Å². The van der Waals surface area contributed by atoms with E-state index in [-0.39, 0.29) is 5.56 Å². The first kappa shape index (κ1) is 13.3. The van der Waals surface area contributed by atoms with Gasteiger partial charge in [-0.3, -0.25) is 4.79 Å². The lowest BCUT2D eigenvalue weighted by molar-refractivity contribution is 0.103. The quantitative estimate of drug-likeness (QED) is 0.750. The first-order valence-corrected chi connectivity index (χ1v) is 5.67. The van der Waals surface area contributed by atoms with Gasteiger partial charge in [-0.25, -0.2) is 13.2 Å². The molecule has 0 aliphatic heterocycles. The normalized spacial score (nSPS) is 10.6. The van der Waals surface area contributed by atoms with Crippen LogP contribution in [0.2, 0.25) is 0 Å². The van der Waals surface area contributed by atoms with E-state index in [1.807, 2.05) is 0 Å². The fraction of sp³-hybridized carbons (Fsp3) is 0.133. The van der Waals surface area contributed by atoms with E-state index in [1.165, 1.54) is 32.0 Å². The molecule has 98 valence electrons. The molecule has 0 N–H and O–H groups in total. The van der Waals surface area contributed by atoms with Crippen molar-refractivity contribution in [3.8, 4) is 0 Å². The summed E-state index contributed by atoms with van der Waals surface area (Å²) in [4.78, 5) is 12.2. The number of hydrogen-bond donors (Lipinski definition) is 0. The Kier molecular flexibility index (Phi) is 3.42. The Bertz CT molecular complexity index is 619. The second kappa shape index (κ2) is 4.88. The standard InChI is InChI=1S/C15H11F3O/c1-8-6-10(16)7-9(2)13(8)15(19)14-11(17)4-3-5-12(14)18/h3-7H,1-2H3. The molecule has 0 aliphatic rings. The van der Waals surface area contributed by atoms with Crippen molar-refractivity contribution in [1.29, 1.82) is 0 Å². The van der Waals surface area contributed by atoms with Crippen LogP contribution in [0.3, 0.4) is 0 Å². The molecule has 0 saturated heterocycles. The van der Waals surface area contributed by atoms with Crippen molar-refractivity contribution in [2.24, 2.45) is 0 Å². The SMILES string of the molecule is Cc1cc(F)cc(C)c1C(=O)c1c(F)cccc1F. The summed E-state index contributed by atoms with van der Waals surface area (Å²) >= 11 is 0. The Morgan fingerprint density at radius 3 is 1.84 bits per heavy atom.